The van der Waals surface area contributed by atoms with Gasteiger partial charge in [-0.2, -0.15) is 0 Å². The minimum atomic E-state index is 0.534. The summed E-state index contributed by atoms with van der Waals surface area (Å²) >= 11 is 0. The number of rotatable bonds is 9. The second-order valence-electron chi connectivity index (χ2n) is 9.33. The highest BCUT2D eigenvalue weighted by molar-refractivity contribution is 5.76. The van der Waals surface area contributed by atoms with Crippen LogP contribution in [0.2, 0.25) is 0 Å². The molecule has 176 valence electrons. The number of benzene rings is 4. The Morgan fingerprint density at radius 2 is 1.43 bits per heavy atom. The molecule has 4 aromatic carbocycles. The molecular formula is C32H32N2O. The molecule has 0 unspecified atom stereocenters. The SMILES string of the molecule is CC(C)c1ccc(OCCCn2c(Cc3ccc(-c4ccccc4)cc3)nc3ccccc32)cc1. The Hall–Kier alpha value is -3.85. The fourth-order valence-corrected chi connectivity index (χ4v) is 4.50. The zero-order valence-electron chi connectivity index (χ0n) is 20.5. The van der Waals surface area contributed by atoms with E-state index < -0.39 is 0 Å². The Labute approximate surface area is 208 Å². The monoisotopic (exact) mass is 460 g/mol. The maximum Gasteiger partial charge on any atom is 0.119 e. The van der Waals surface area contributed by atoms with E-state index >= 15 is 0 Å². The van der Waals surface area contributed by atoms with Crippen LogP contribution in [-0.2, 0) is 13.0 Å². The number of hydrogen-bond donors (Lipinski definition) is 0. The van der Waals surface area contributed by atoms with E-state index in [0.29, 0.717) is 12.5 Å². The van der Waals surface area contributed by atoms with Crippen LogP contribution in [0, 0.1) is 0 Å². The van der Waals surface area contributed by atoms with E-state index in [2.05, 4.69) is 122 Å². The van der Waals surface area contributed by atoms with Gasteiger partial charge in [-0.1, -0.05) is 92.7 Å². The average Bonchev–Trinajstić information content (AvgIpc) is 3.24. The summed E-state index contributed by atoms with van der Waals surface area (Å²) in [6.45, 7) is 5.97. The summed E-state index contributed by atoms with van der Waals surface area (Å²) < 4.78 is 8.38. The van der Waals surface area contributed by atoms with Crippen molar-refractivity contribution < 1.29 is 4.74 Å². The standard InChI is InChI=1S/C32H32N2O/c1-24(2)26-17-19-29(20-18-26)35-22-8-21-34-31-12-7-6-11-30(31)33-32(34)23-25-13-15-28(16-14-25)27-9-4-3-5-10-27/h3-7,9-20,24H,8,21-23H2,1-2H3. The van der Waals surface area contributed by atoms with Gasteiger partial charge in [-0.25, -0.2) is 4.98 Å². The van der Waals surface area contributed by atoms with Crippen molar-refractivity contribution in [3.63, 3.8) is 0 Å². The van der Waals surface area contributed by atoms with Crippen LogP contribution in [0.25, 0.3) is 22.2 Å². The number of ether oxygens (including phenoxy) is 1. The van der Waals surface area contributed by atoms with Gasteiger partial charge < -0.3 is 9.30 Å². The van der Waals surface area contributed by atoms with E-state index in [0.717, 1.165) is 36.5 Å². The van der Waals surface area contributed by atoms with Gasteiger partial charge in [0.25, 0.3) is 0 Å². The molecule has 5 aromatic rings. The van der Waals surface area contributed by atoms with Crippen molar-refractivity contribution in [2.24, 2.45) is 0 Å². The van der Waals surface area contributed by atoms with E-state index in [4.69, 9.17) is 9.72 Å². The van der Waals surface area contributed by atoms with Gasteiger partial charge in [0, 0.05) is 13.0 Å². The molecule has 0 aliphatic rings. The fourth-order valence-electron chi connectivity index (χ4n) is 4.50. The lowest BCUT2D eigenvalue weighted by molar-refractivity contribution is 0.302. The molecule has 0 amide bonds. The van der Waals surface area contributed by atoms with Gasteiger partial charge in [0.05, 0.1) is 17.6 Å². The number of aryl methyl sites for hydroxylation is 1. The molecule has 0 bridgehead atoms. The van der Waals surface area contributed by atoms with E-state index in [1.54, 1.807) is 0 Å². The van der Waals surface area contributed by atoms with Gasteiger partial charge in [0.15, 0.2) is 0 Å². The highest BCUT2D eigenvalue weighted by Gasteiger charge is 2.11. The van der Waals surface area contributed by atoms with Crippen molar-refractivity contribution in [2.75, 3.05) is 6.61 Å². The number of fused-ring (bicyclic) bond motifs is 1. The number of para-hydroxylation sites is 2. The van der Waals surface area contributed by atoms with Crippen LogP contribution in [0.15, 0.2) is 103 Å². The van der Waals surface area contributed by atoms with Crippen LogP contribution >= 0.6 is 0 Å². The normalized spacial score (nSPS) is 11.3. The Morgan fingerprint density at radius 1 is 0.743 bits per heavy atom. The number of nitrogens with zero attached hydrogens (tertiary/aromatic N) is 2. The molecule has 1 aromatic heterocycles. The van der Waals surface area contributed by atoms with Gasteiger partial charge >= 0.3 is 0 Å². The predicted molar refractivity (Wildman–Crippen MR) is 145 cm³/mol. The van der Waals surface area contributed by atoms with E-state index in [1.807, 2.05) is 0 Å². The number of imidazole rings is 1. The first kappa shape index (κ1) is 22.9. The van der Waals surface area contributed by atoms with Crippen LogP contribution < -0.4 is 4.74 Å². The minimum Gasteiger partial charge on any atom is -0.494 e. The third-order valence-electron chi connectivity index (χ3n) is 6.50. The molecule has 0 aliphatic heterocycles. The first-order valence-electron chi connectivity index (χ1n) is 12.5. The molecule has 0 aliphatic carbocycles. The van der Waals surface area contributed by atoms with Crippen molar-refractivity contribution in [2.45, 2.75) is 39.2 Å². The molecule has 0 radical (unpaired) electrons. The highest BCUT2D eigenvalue weighted by Crippen LogP contribution is 2.23. The Morgan fingerprint density at radius 3 is 2.17 bits per heavy atom. The molecule has 1 heterocycles. The third-order valence-corrected chi connectivity index (χ3v) is 6.50. The smallest absolute Gasteiger partial charge is 0.119 e. The van der Waals surface area contributed by atoms with Gasteiger partial charge in [-0.3, -0.25) is 0 Å². The van der Waals surface area contributed by atoms with Crippen molar-refractivity contribution in [3.05, 3.63) is 120 Å². The molecule has 0 atom stereocenters. The minimum absolute atomic E-state index is 0.534. The largest absolute Gasteiger partial charge is 0.494 e. The summed E-state index contributed by atoms with van der Waals surface area (Å²) in [7, 11) is 0. The van der Waals surface area contributed by atoms with Crippen LogP contribution in [-0.4, -0.2) is 16.2 Å². The molecule has 0 fully saturated rings. The van der Waals surface area contributed by atoms with E-state index in [-0.39, 0.29) is 0 Å². The lowest BCUT2D eigenvalue weighted by Crippen LogP contribution is -2.08. The zero-order valence-corrected chi connectivity index (χ0v) is 20.5. The first-order chi connectivity index (χ1) is 17.2. The van der Waals surface area contributed by atoms with Crippen LogP contribution in [0.4, 0.5) is 0 Å². The third kappa shape index (κ3) is 5.46. The summed E-state index contributed by atoms with van der Waals surface area (Å²) in [4.78, 5) is 4.97. The number of aromatic nitrogens is 2. The summed E-state index contributed by atoms with van der Waals surface area (Å²) in [5, 5.41) is 0. The predicted octanol–water partition coefficient (Wildman–Crippen LogP) is 7.89. The second kappa shape index (κ2) is 10.6. The van der Waals surface area contributed by atoms with Crippen LogP contribution in [0.3, 0.4) is 0 Å². The Kier molecular flexibility index (Phi) is 6.94. The van der Waals surface area contributed by atoms with Crippen molar-refractivity contribution in [3.8, 4) is 16.9 Å². The quantitative estimate of drug-likeness (QED) is 0.209. The Bertz CT molecular complexity index is 1370. The summed E-state index contributed by atoms with van der Waals surface area (Å²) in [5.74, 6) is 2.56. The molecule has 0 saturated heterocycles. The lowest BCUT2D eigenvalue weighted by Gasteiger charge is -2.12. The maximum atomic E-state index is 6.03. The molecule has 35 heavy (non-hydrogen) atoms. The second-order valence-corrected chi connectivity index (χ2v) is 9.33. The molecular weight excluding hydrogens is 428 g/mol. The zero-order chi connectivity index (χ0) is 24.0. The molecule has 3 heteroatoms. The fraction of sp³-hybridized carbons (Fsp3) is 0.219. The van der Waals surface area contributed by atoms with Crippen molar-refractivity contribution in [1.29, 1.82) is 0 Å². The molecule has 0 spiro atoms. The molecule has 0 saturated carbocycles. The Balaban J connectivity index is 1.27. The first-order valence-corrected chi connectivity index (χ1v) is 12.5. The molecule has 0 N–H and O–H groups in total. The average molecular weight is 461 g/mol. The molecule has 5 rings (SSSR count). The number of hydrogen-bond acceptors (Lipinski definition) is 2. The summed E-state index contributed by atoms with van der Waals surface area (Å²) in [6.07, 6.45) is 1.73. The van der Waals surface area contributed by atoms with Gasteiger partial charge in [-0.05, 0) is 58.9 Å². The van der Waals surface area contributed by atoms with Crippen LogP contribution in [0.5, 0.6) is 5.75 Å². The van der Waals surface area contributed by atoms with Crippen LogP contribution in [0.1, 0.15) is 43.1 Å². The lowest BCUT2D eigenvalue weighted by atomic mass is 10.0. The van der Waals surface area contributed by atoms with Crippen molar-refractivity contribution in [1.82, 2.24) is 9.55 Å². The van der Waals surface area contributed by atoms with Crippen molar-refractivity contribution >= 4 is 11.0 Å². The van der Waals surface area contributed by atoms with E-state index in [1.165, 1.54) is 27.8 Å². The topological polar surface area (TPSA) is 27.1 Å². The van der Waals surface area contributed by atoms with Gasteiger partial charge in [-0.15, -0.1) is 0 Å². The van der Waals surface area contributed by atoms with Gasteiger partial charge in [0.2, 0.25) is 0 Å². The summed E-state index contributed by atoms with van der Waals surface area (Å²) in [5.41, 5.74) is 7.32. The van der Waals surface area contributed by atoms with Gasteiger partial charge in [0.1, 0.15) is 11.6 Å². The maximum absolute atomic E-state index is 6.03. The summed E-state index contributed by atoms with van der Waals surface area (Å²) in [6, 6.07) is 36.2. The highest BCUT2D eigenvalue weighted by atomic mass is 16.5. The molecule has 3 nitrogen and oxygen atoms in total. The van der Waals surface area contributed by atoms with E-state index in [9.17, 15) is 0 Å².